The molecule has 0 aliphatic rings. The molecule has 1 aromatic carbocycles. The predicted octanol–water partition coefficient (Wildman–Crippen LogP) is 1.54. The lowest BCUT2D eigenvalue weighted by molar-refractivity contribution is -0.384. The molecule has 0 bridgehead atoms. The molecule has 22 heavy (non-hydrogen) atoms. The van der Waals surface area contributed by atoms with Gasteiger partial charge in [0, 0.05) is 24.7 Å². The van der Waals surface area contributed by atoms with Gasteiger partial charge in [-0.15, -0.1) is 0 Å². The first-order valence-electron chi connectivity index (χ1n) is 6.17. The molecule has 114 valence electrons. The van der Waals surface area contributed by atoms with E-state index in [0.717, 1.165) is 17.0 Å². The van der Waals surface area contributed by atoms with Gasteiger partial charge in [-0.3, -0.25) is 14.9 Å². The van der Waals surface area contributed by atoms with E-state index in [-0.39, 0.29) is 16.8 Å². The van der Waals surface area contributed by atoms with Crippen molar-refractivity contribution >= 4 is 17.8 Å². The van der Waals surface area contributed by atoms with Crippen LogP contribution in [0.4, 0.5) is 10.1 Å². The van der Waals surface area contributed by atoms with Gasteiger partial charge in [0.25, 0.3) is 11.6 Å². The summed E-state index contributed by atoms with van der Waals surface area (Å²) < 4.78 is 14.7. The second-order valence-corrected chi connectivity index (χ2v) is 4.42. The molecule has 0 fully saturated rings. The van der Waals surface area contributed by atoms with Crippen LogP contribution in [0.1, 0.15) is 21.6 Å². The van der Waals surface area contributed by atoms with Crippen molar-refractivity contribution < 1.29 is 14.1 Å². The van der Waals surface area contributed by atoms with E-state index in [1.54, 1.807) is 6.92 Å². The summed E-state index contributed by atoms with van der Waals surface area (Å²) in [6.07, 6.45) is 1.13. The quantitative estimate of drug-likeness (QED) is 0.525. The van der Waals surface area contributed by atoms with Gasteiger partial charge in [-0.25, -0.2) is 10.1 Å². The van der Waals surface area contributed by atoms with Crippen LogP contribution in [-0.2, 0) is 7.05 Å². The van der Waals surface area contributed by atoms with Crippen LogP contribution in [0.25, 0.3) is 0 Å². The number of non-ortho nitro benzene ring substituents is 1. The number of carbonyl (C=O) groups is 1. The maximum absolute atomic E-state index is 13.6. The van der Waals surface area contributed by atoms with Gasteiger partial charge in [-0.2, -0.15) is 14.6 Å². The summed E-state index contributed by atoms with van der Waals surface area (Å²) in [5, 5.41) is 18.1. The summed E-state index contributed by atoms with van der Waals surface area (Å²) in [6, 6.07) is 5.20. The number of nitro benzene ring substituents is 1. The van der Waals surface area contributed by atoms with Crippen molar-refractivity contribution in [1.82, 2.24) is 15.2 Å². The summed E-state index contributed by atoms with van der Waals surface area (Å²) in [6.45, 7) is 1.60. The van der Waals surface area contributed by atoms with Gasteiger partial charge in [0.1, 0.15) is 0 Å². The molecular weight excluding hydrogens is 293 g/mol. The monoisotopic (exact) mass is 305 g/mol. The fraction of sp³-hybridized carbons (Fsp3) is 0.154. The fourth-order valence-corrected chi connectivity index (χ4v) is 1.77. The van der Waals surface area contributed by atoms with Crippen LogP contribution in [0.3, 0.4) is 0 Å². The number of nitrogens with zero attached hydrogens (tertiary/aromatic N) is 4. The highest BCUT2D eigenvalue weighted by Gasteiger charge is 2.12. The summed E-state index contributed by atoms with van der Waals surface area (Å²) in [5.74, 6) is -1.22. The van der Waals surface area contributed by atoms with E-state index < -0.39 is 16.8 Å². The number of halogens is 1. The van der Waals surface area contributed by atoms with Crippen LogP contribution in [0.5, 0.6) is 0 Å². The molecule has 1 amide bonds. The molecule has 0 saturated heterocycles. The van der Waals surface area contributed by atoms with Crippen LogP contribution >= 0.6 is 0 Å². The first kappa shape index (κ1) is 15.3. The third-order valence-electron chi connectivity index (χ3n) is 2.88. The van der Waals surface area contributed by atoms with Crippen LogP contribution in [0.15, 0.2) is 29.4 Å². The Kier molecular flexibility index (Phi) is 4.25. The lowest BCUT2D eigenvalue weighted by Crippen LogP contribution is -2.17. The Morgan fingerprint density at radius 1 is 1.55 bits per heavy atom. The topological polar surface area (TPSA) is 102 Å². The average molecular weight is 305 g/mol. The fourth-order valence-electron chi connectivity index (χ4n) is 1.77. The molecule has 0 radical (unpaired) electrons. The Hall–Kier alpha value is -3.10. The molecule has 1 aromatic heterocycles. The van der Waals surface area contributed by atoms with Gasteiger partial charge in [-0.1, -0.05) is 6.07 Å². The minimum atomic E-state index is -0.637. The molecule has 9 heteroatoms. The summed E-state index contributed by atoms with van der Waals surface area (Å²) in [7, 11) is 1.45. The van der Waals surface area contributed by atoms with Gasteiger partial charge in [0.2, 0.25) is 5.95 Å². The Labute approximate surface area is 124 Å². The smallest absolute Gasteiger partial charge is 0.267 e. The van der Waals surface area contributed by atoms with Crippen molar-refractivity contribution in [1.29, 1.82) is 0 Å². The molecule has 0 aliphatic heterocycles. The molecule has 1 N–H and O–H groups in total. The zero-order chi connectivity index (χ0) is 16.3. The number of nitro groups is 1. The van der Waals surface area contributed by atoms with Crippen molar-refractivity contribution in [3.05, 3.63) is 57.1 Å². The number of hydrogen-bond acceptors (Lipinski definition) is 5. The minimum absolute atomic E-state index is 0.0785. The number of hydrazone groups is 1. The van der Waals surface area contributed by atoms with Crippen LogP contribution in [0.2, 0.25) is 0 Å². The molecule has 0 unspecified atom stereocenters. The Morgan fingerprint density at radius 2 is 2.27 bits per heavy atom. The zero-order valence-electron chi connectivity index (χ0n) is 11.8. The molecule has 0 atom stereocenters. The van der Waals surface area contributed by atoms with Crippen molar-refractivity contribution in [2.75, 3.05) is 0 Å². The molecule has 1 heterocycles. The van der Waals surface area contributed by atoms with E-state index in [0.29, 0.717) is 5.69 Å². The molecule has 0 aliphatic carbocycles. The average Bonchev–Trinajstić information content (AvgIpc) is 2.73. The highest BCUT2D eigenvalue weighted by atomic mass is 19.1. The normalized spacial score (nSPS) is 10.9. The summed E-state index contributed by atoms with van der Waals surface area (Å²) >= 11 is 0. The molecular formula is C13H12FN5O3. The van der Waals surface area contributed by atoms with Gasteiger partial charge in [-0.05, 0) is 13.0 Å². The lowest BCUT2D eigenvalue weighted by Gasteiger charge is -1.99. The number of carbonyl (C=O) groups excluding carboxylic acids is 1. The number of aromatic nitrogens is 2. The number of hydrogen-bond donors (Lipinski definition) is 1. The number of nitrogens with one attached hydrogen (secondary N) is 1. The standard InChI is InChI=1S/C13H12FN5O3/c1-8-11(12(14)18(2)17-8)7-15-16-13(20)9-4-3-5-10(6-9)19(21)22/h3-7H,1-2H3,(H,16,20)/b15-7+. The molecule has 0 spiro atoms. The summed E-state index contributed by atoms with van der Waals surface area (Å²) in [5.41, 5.74) is 2.64. The SMILES string of the molecule is Cc1nn(C)c(F)c1/C=N/NC(=O)c1cccc([N+](=O)[O-])c1. The van der Waals surface area contributed by atoms with Gasteiger partial charge in [0.05, 0.1) is 22.4 Å². The second kappa shape index (κ2) is 6.12. The predicted molar refractivity (Wildman–Crippen MR) is 76.1 cm³/mol. The number of rotatable bonds is 4. The maximum atomic E-state index is 13.6. The van der Waals surface area contributed by atoms with E-state index in [1.807, 2.05) is 0 Å². The molecule has 2 rings (SSSR count). The van der Waals surface area contributed by atoms with E-state index >= 15 is 0 Å². The second-order valence-electron chi connectivity index (χ2n) is 4.42. The largest absolute Gasteiger partial charge is 0.271 e. The van der Waals surface area contributed by atoms with E-state index in [4.69, 9.17) is 0 Å². The maximum Gasteiger partial charge on any atom is 0.271 e. The Bertz CT molecular complexity index is 769. The van der Waals surface area contributed by atoms with Crippen molar-refractivity contribution in [2.45, 2.75) is 6.92 Å². The first-order valence-corrected chi connectivity index (χ1v) is 6.17. The molecule has 0 saturated carbocycles. The third kappa shape index (κ3) is 3.14. The van der Waals surface area contributed by atoms with Crippen LogP contribution in [0, 0.1) is 23.0 Å². The minimum Gasteiger partial charge on any atom is -0.267 e. The highest BCUT2D eigenvalue weighted by Crippen LogP contribution is 2.13. The molecule has 2 aromatic rings. The first-order chi connectivity index (χ1) is 10.4. The number of aryl methyl sites for hydroxylation is 2. The Balaban J connectivity index is 2.11. The number of amides is 1. The summed E-state index contributed by atoms with van der Waals surface area (Å²) in [4.78, 5) is 21.9. The van der Waals surface area contributed by atoms with Gasteiger partial charge >= 0.3 is 0 Å². The van der Waals surface area contributed by atoms with Gasteiger partial charge in [0.15, 0.2) is 0 Å². The van der Waals surface area contributed by atoms with E-state index in [2.05, 4.69) is 15.6 Å². The Morgan fingerprint density at radius 3 is 2.86 bits per heavy atom. The third-order valence-corrected chi connectivity index (χ3v) is 2.88. The lowest BCUT2D eigenvalue weighted by atomic mass is 10.2. The van der Waals surface area contributed by atoms with E-state index in [9.17, 15) is 19.3 Å². The zero-order valence-corrected chi connectivity index (χ0v) is 11.8. The molecule has 8 nitrogen and oxygen atoms in total. The van der Waals surface area contributed by atoms with Crippen LogP contribution < -0.4 is 5.43 Å². The van der Waals surface area contributed by atoms with E-state index in [1.165, 1.54) is 25.2 Å². The highest BCUT2D eigenvalue weighted by molar-refractivity contribution is 5.95. The van der Waals surface area contributed by atoms with Crippen LogP contribution in [-0.4, -0.2) is 26.8 Å². The van der Waals surface area contributed by atoms with Crippen molar-refractivity contribution in [3.8, 4) is 0 Å². The van der Waals surface area contributed by atoms with Crippen molar-refractivity contribution in [3.63, 3.8) is 0 Å². The van der Waals surface area contributed by atoms with Gasteiger partial charge < -0.3 is 0 Å². The van der Waals surface area contributed by atoms with Crippen molar-refractivity contribution in [2.24, 2.45) is 12.1 Å². The number of benzene rings is 1.